The zero-order chi connectivity index (χ0) is 15.0. The molecule has 0 aromatic heterocycles. The molecule has 0 saturated heterocycles. The summed E-state index contributed by atoms with van der Waals surface area (Å²) in [7, 11) is -3.46. The van der Waals surface area contributed by atoms with E-state index < -0.39 is 10.0 Å². The van der Waals surface area contributed by atoms with Crippen LogP contribution in [0.2, 0.25) is 0 Å². The first kappa shape index (κ1) is 16.9. The highest BCUT2D eigenvalue weighted by Gasteiger charge is 2.13. The van der Waals surface area contributed by atoms with Gasteiger partial charge in [-0.15, -0.1) is 0 Å². The standard InChI is InChI=1S/C14H24N2O3S/c1-3-4-9-19-10-5-8-16-20(17,18)13-6-7-14(15)12(2)11-13/h6-7,11,16H,3-5,8-10,15H2,1-2H3. The topological polar surface area (TPSA) is 81.4 Å². The zero-order valence-corrected chi connectivity index (χ0v) is 13.0. The summed E-state index contributed by atoms with van der Waals surface area (Å²) >= 11 is 0. The number of unbranched alkanes of at least 4 members (excludes halogenated alkanes) is 1. The molecular formula is C14H24N2O3S. The third-order valence-corrected chi connectivity index (χ3v) is 4.41. The molecule has 0 heterocycles. The molecule has 0 radical (unpaired) electrons. The highest BCUT2D eigenvalue weighted by molar-refractivity contribution is 7.89. The molecule has 6 heteroatoms. The molecule has 1 aromatic rings. The van der Waals surface area contributed by atoms with Crippen LogP contribution in [0.4, 0.5) is 5.69 Å². The van der Waals surface area contributed by atoms with Gasteiger partial charge >= 0.3 is 0 Å². The normalized spacial score (nSPS) is 11.7. The molecule has 0 fully saturated rings. The number of nitrogens with two attached hydrogens (primary N) is 1. The average Bonchev–Trinajstić information content (AvgIpc) is 2.40. The van der Waals surface area contributed by atoms with Crippen LogP contribution in [-0.2, 0) is 14.8 Å². The van der Waals surface area contributed by atoms with Crippen molar-refractivity contribution < 1.29 is 13.2 Å². The quantitative estimate of drug-likeness (QED) is 0.540. The number of aryl methyl sites for hydroxylation is 1. The number of rotatable bonds is 9. The predicted molar refractivity (Wildman–Crippen MR) is 81.1 cm³/mol. The van der Waals surface area contributed by atoms with Gasteiger partial charge in [0, 0.05) is 25.4 Å². The minimum atomic E-state index is -3.46. The van der Waals surface area contributed by atoms with Gasteiger partial charge in [0.2, 0.25) is 10.0 Å². The Balaban J connectivity index is 2.40. The zero-order valence-electron chi connectivity index (χ0n) is 12.2. The van der Waals surface area contributed by atoms with Gasteiger partial charge in [-0.2, -0.15) is 0 Å². The Hall–Kier alpha value is -1.11. The fourth-order valence-corrected chi connectivity index (χ4v) is 2.79. The Kier molecular flexibility index (Phi) is 6.98. The van der Waals surface area contributed by atoms with E-state index in [1.165, 1.54) is 6.07 Å². The Labute approximate surface area is 121 Å². The van der Waals surface area contributed by atoms with Crippen LogP contribution < -0.4 is 10.5 Å². The highest BCUT2D eigenvalue weighted by atomic mass is 32.2. The smallest absolute Gasteiger partial charge is 0.240 e. The first-order valence-corrected chi connectivity index (χ1v) is 8.39. The molecule has 0 saturated carbocycles. The number of nitrogens with one attached hydrogen (secondary N) is 1. The fourth-order valence-electron chi connectivity index (χ4n) is 1.63. The van der Waals surface area contributed by atoms with E-state index in [-0.39, 0.29) is 4.90 Å². The number of hydrogen-bond donors (Lipinski definition) is 2. The van der Waals surface area contributed by atoms with Crippen molar-refractivity contribution in [3.05, 3.63) is 23.8 Å². The summed E-state index contributed by atoms with van der Waals surface area (Å²) in [4.78, 5) is 0.246. The molecule has 1 rings (SSSR count). The Bertz CT molecular complexity index is 515. The minimum absolute atomic E-state index is 0.246. The van der Waals surface area contributed by atoms with Crippen molar-refractivity contribution in [2.45, 2.75) is 38.0 Å². The third-order valence-electron chi connectivity index (χ3n) is 2.95. The molecule has 5 nitrogen and oxygen atoms in total. The van der Waals surface area contributed by atoms with Crippen molar-refractivity contribution in [2.75, 3.05) is 25.5 Å². The van der Waals surface area contributed by atoms with Gasteiger partial charge < -0.3 is 10.5 Å². The van der Waals surface area contributed by atoms with Gasteiger partial charge in [0.25, 0.3) is 0 Å². The molecule has 114 valence electrons. The van der Waals surface area contributed by atoms with E-state index in [2.05, 4.69) is 11.6 Å². The van der Waals surface area contributed by atoms with Crippen LogP contribution in [0.15, 0.2) is 23.1 Å². The number of nitrogen functional groups attached to an aromatic ring is 1. The first-order chi connectivity index (χ1) is 9.47. The number of benzene rings is 1. The van der Waals surface area contributed by atoms with Crippen molar-refractivity contribution in [3.63, 3.8) is 0 Å². The van der Waals surface area contributed by atoms with Crippen LogP contribution in [0.25, 0.3) is 0 Å². The van der Waals surface area contributed by atoms with E-state index in [1.807, 2.05) is 0 Å². The molecule has 0 unspecified atom stereocenters. The Morgan fingerprint density at radius 1 is 1.25 bits per heavy atom. The number of sulfonamides is 1. The lowest BCUT2D eigenvalue weighted by Gasteiger charge is -2.09. The van der Waals surface area contributed by atoms with E-state index in [0.717, 1.165) is 25.0 Å². The van der Waals surface area contributed by atoms with Gasteiger partial charge in [0.15, 0.2) is 0 Å². The average molecular weight is 300 g/mol. The summed E-state index contributed by atoms with van der Waals surface area (Å²) in [5.41, 5.74) is 7.03. The summed E-state index contributed by atoms with van der Waals surface area (Å²) in [6.07, 6.45) is 2.80. The SMILES string of the molecule is CCCCOCCCNS(=O)(=O)c1ccc(N)c(C)c1. The maximum Gasteiger partial charge on any atom is 0.240 e. The summed E-state index contributed by atoms with van der Waals surface area (Å²) < 4.78 is 32.0. The Morgan fingerprint density at radius 2 is 1.95 bits per heavy atom. The number of hydrogen-bond acceptors (Lipinski definition) is 4. The van der Waals surface area contributed by atoms with E-state index in [1.54, 1.807) is 19.1 Å². The highest BCUT2D eigenvalue weighted by Crippen LogP contribution is 2.16. The molecule has 0 bridgehead atoms. The maximum atomic E-state index is 12.0. The molecule has 1 aromatic carbocycles. The number of ether oxygens (including phenoxy) is 1. The second kappa shape index (κ2) is 8.24. The number of anilines is 1. The van der Waals surface area contributed by atoms with Crippen LogP contribution in [0, 0.1) is 6.92 Å². The fraction of sp³-hybridized carbons (Fsp3) is 0.571. The molecular weight excluding hydrogens is 276 g/mol. The largest absolute Gasteiger partial charge is 0.399 e. The van der Waals surface area contributed by atoms with Crippen molar-refractivity contribution in [3.8, 4) is 0 Å². The van der Waals surface area contributed by atoms with E-state index >= 15 is 0 Å². The van der Waals surface area contributed by atoms with Gasteiger partial charge in [-0.25, -0.2) is 13.1 Å². The van der Waals surface area contributed by atoms with Gasteiger partial charge in [-0.3, -0.25) is 0 Å². The lowest BCUT2D eigenvalue weighted by Crippen LogP contribution is -2.25. The van der Waals surface area contributed by atoms with Crippen molar-refractivity contribution in [1.29, 1.82) is 0 Å². The molecule has 20 heavy (non-hydrogen) atoms. The third kappa shape index (κ3) is 5.48. The van der Waals surface area contributed by atoms with Crippen molar-refractivity contribution >= 4 is 15.7 Å². The molecule has 0 aliphatic heterocycles. The van der Waals surface area contributed by atoms with Gasteiger partial charge in [-0.05, 0) is 43.5 Å². The molecule has 0 atom stereocenters. The molecule has 0 amide bonds. The van der Waals surface area contributed by atoms with Gasteiger partial charge in [0.05, 0.1) is 4.90 Å². The predicted octanol–water partition coefficient (Wildman–Crippen LogP) is 2.06. The van der Waals surface area contributed by atoms with Crippen LogP contribution >= 0.6 is 0 Å². The minimum Gasteiger partial charge on any atom is -0.399 e. The van der Waals surface area contributed by atoms with E-state index in [4.69, 9.17) is 10.5 Å². The van der Waals surface area contributed by atoms with Crippen LogP contribution in [0.3, 0.4) is 0 Å². The molecule has 3 N–H and O–H groups in total. The maximum absolute atomic E-state index is 12.0. The molecule has 0 aliphatic carbocycles. The van der Waals surface area contributed by atoms with E-state index in [9.17, 15) is 8.42 Å². The van der Waals surface area contributed by atoms with Gasteiger partial charge in [0.1, 0.15) is 0 Å². The second-order valence-corrected chi connectivity index (χ2v) is 6.50. The summed E-state index contributed by atoms with van der Waals surface area (Å²) in [5.74, 6) is 0. The second-order valence-electron chi connectivity index (χ2n) is 4.74. The first-order valence-electron chi connectivity index (χ1n) is 6.91. The van der Waals surface area contributed by atoms with E-state index in [0.29, 0.717) is 25.3 Å². The van der Waals surface area contributed by atoms with Crippen LogP contribution in [0.1, 0.15) is 31.7 Å². The summed E-state index contributed by atoms with van der Waals surface area (Å²) in [6, 6.07) is 4.70. The monoisotopic (exact) mass is 300 g/mol. The van der Waals surface area contributed by atoms with Crippen molar-refractivity contribution in [2.24, 2.45) is 0 Å². The molecule has 0 spiro atoms. The van der Waals surface area contributed by atoms with Crippen LogP contribution in [-0.4, -0.2) is 28.2 Å². The lowest BCUT2D eigenvalue weighted by molar-refractivity contribution is 0.130. The lowest BCUT2D eigenvalue weighted by atomic mass is 10.2. The van der Waals surface area contributed by atoms with Crippen molar-refractivity contribution in [1.82, 2.24) is 4.72 Å². The van der Waals surface area contributed by atoms with Crippen LogP contribution in [0.5, 0.6) is 0 Å². The Morgan fingerprint density at radius 3 is 2.60 bits per heavy atom. The summed E-state index contributed by atoms with van der Waals surface area (Å²) in [5, 5.41) is 0. The molecule has 0 aliphatic rings. The van der Waals surface area contributed by atoms with Gasteiger partial charge in [-0.1, -0.05) is 13.3 Å². The summed E-state index contributed by atoms with van der Waals surface area (Å²) in [6.45, 7) is 5.57.